The Hall–Kier alpha value is -2.51. The Kier molecular flexibility index (Phi) is 4.95. The fourth-order valence-corrected chi connectivity index (χ4v) is 5.85. The van der Waals surface area contributed by atoms with Crippen molar-refractivity contribution < 1.29 is 4.39 Å². The summed E-state index contributed by atoms with van der Waals surface area (Å²) in [7, 11) is 0. The average molecular weight is 426 g/mol. The second-order valence-electron chi connectivity index (χ2n) is 8.43. The standard InChI is InChI=1S/C23H24FN3O2S/c24-17-4-5-19-16(13-17)6-7-23(19)8-11-26(15-23)9-2-10-27-14-18(20-3-1-12-30-20)21(28)25-22(27)29/h1,3-5,12-14H,2,6-11,15H2,(H,25,28,29). The summed E-state index contributed by atoms with van der Waals surface area (Å²) in [5.41, 5.74) is 2.49. The van der Waals surface area contributed by atoms with Gasteiger partial charge in [0, 0.05) is 29.6 Å². The molecule has 1 aliphatic heterocycles. The van der Waals surface area contributed by atoms with E-state index in [0.717, 1.165) is 55.8 Å². The second kappa shape index (κ2) is 7.63. The lowest BCUT2D eigenvalue weighted by atomic mass is 9.81. The molecule has 5 rings (SSSR count). The van der Waals surface area contributed by atoms with Gasteiger partial charge in [-0.2, -0.15) is 0 Å². The molecule has 1 fully saturated rings. The van der Waals surface area contributed by atoms with Crippen LogP contribution in [0, 0.1) is 5.82 Å². The molecule has 0 saturated carbocycles. The number of hydrogen-bond donors (Lipinski definition) is 1. The molecule has 2 aliphatic rings. The molecule has 3 aromatic rings. The summed E-state index contributed by atoms with van der Waals surface area (Å²) in [6.07, 6.45) is 5.67. The molecule has 1 spiro atoms. The van der Waals surface area contributed by atoms with Crippen LogP contribution in [-0.2, 0) is 18.4 Å². The smallest absolute Gasteiger partial charge is 0.302 e. The molecular weight excluding hydrogens is 401 g/mol. The molecule has 1 saturated heterocycles. The first kappa shape index (κ1) is 19.5. The van der Waals surface area contributed by atoms with Gasteiger partial charge in [-0.25, -0.2) is 9.18 Å². The predicted octanol–water partition coefficient (Wildman–Crippen LogP) is 3.38. The van der Waals surface area contributed by atoms with Crippen LogP contribution in [0.4, 0.5) is 4.39 Å². The van der Waals surface area contributed by atoms with Crippen LogP contribution in [0.25, 0.3) is 10.4 Å². The van der Waals surface area contributed by atoms with Crippen molar-refractivity contribution in [2.24, 2.45) is 0 Å². The first-order valence-electron chi connectivity index (χ1n) is 10.4. The molecule has 5 nitrogen and oxygen atoms in total. The molecule has 1 aliphatic carbocycles. The summed E-state index contributed by atoms with van der Waals surface area (Å²) >= 11 is 1.49. The Morgan fingerprint density at radius 3 is 2.90 bits per heavy atom. The quantitative estimate of drug-likeness (QED) is 0.682. The van der Waals surface area contributed by atoms with Crippen LogP contribution < -0.4 is 11.2 Å². The number of H-pyrrole nitrogens is 1. The molecule has 0 amide bonds. The Labute approximate surface area is 177 Å². The maximum atomic E-state index is 13.6. The van der Waals surface area contributed by atoms with E-state index in [0.29, 0.717) is 12.1 Å². The van der Waals surface area contributed by atoms with Gasteiger partial charge in [-0.05, 0) is 73.5 Å². The molecule has 1 atom stereocenters. The van der Waals surface area contributed by atoms with Crippen molar-refractivity contribution in [3.05, 3.63) is 79.7 Å². The Morgan fingerprint density at radius 1 is 1.17 bits per heavy atom. The zero-order chi connectivity index (χ0) is 20.7. The molecule has 1 N–H and O–H groups in total. The minimum absolute atomic E-state index is 0.145. The lowest BCUT2D eigenvalue weighted by molar-refractivity contribution is 0.298. The van der Waals surface area contributed by atoms with Crippen molar-refractivity contribution in [2.75, 3.05) is 19.6 Å². The molecule has 3 heterocycles. The monoisotopic (exact) mass is 425 g/mol. The fraction of sp³-hybridized carbons (Fsp3) is 0.391. The van der Waals surface area contributed by atoms with Gasteiger partial charge < -0.3 is 4.90 Å². The van der Waals surface area contributed by atoms with E-state index in [2.05, 4.69) is 9.88 Å². The number of aromatic nitrogens is 2. The summed E-state index contributed by atoms with van der Waals surface area (Å²) in [4.78, 5) is 30.1. The van der Waals surface area contributed by atoms with Crippen LogP contribution >= 0.6 is 11.3 Å². The number of rotatable bonds is 5. The maximum Gasteiger partial charge on any atom is 0.328 e. The zero-order valence-electron chi connectivity index (χ0n) is 16.7. The van der Waals surface area contributed by atoms with Gasteiger partial charge in [0.25, 0.3) is 5.56 Å². The highest BCUT2D eigenvalue weighted by Gasteiger charge is 2.43. The topological polar surface area (TPSA) is 58.1 Å². The third-order valence-corrected chi connectivity index (χ3v) is 7.52. The largest absolute Gasteiger partial charge is 0.328 e. The SMILES string of the molecule is O=c1[nH]c(=O)n(CCCN2CCC3(CCc4cc(F)ccc43)C2)cc1-c1cccs1. The number of aromatic amines is 1. The highest BCUT2D eigenvalue weighted by atomic mass is 32.1. The Bertz CT molecular complexity index is 1180. The molecule has 0 bridgehead atoms. The van der Waals surface area contributed by atoms with Crippen LogP contribution in [0.3, 0.4) is 0 Å². The van der Waals surface area contributed by atoms with Gasteiger partial charge in [0.05, 0.1) is 5.56 Å². The van der Waals surface area contributed by atoms with Crippen LogP contribution in [0.5, 0.6) is 0 Å². The van der Waals surface area contributed by atoms with Gasteiger partial charge in [0.2, 0.25) is 0 Å². The van der Waals surface area contributed by atoms with Crippen molar-refractivity contribution in [1.29, 1.82) is 0 Å². The lowest BCUT2D eigenvalue weighted by Gasteiger charge is -2.25. The maximum absolute atomic E-state index is 13.6. The number of benzene rings is 1. The number of thiophene rings is 1. The average Bonchev–Trinajstić information content (AvgIpc) is 3.45. The van der Waals surface area contributed by atoms with E-state index in [1.807, 2.05) is 23.6 Å². The minimum atomic E-state index is -0.357. The van der Waals surface area contributed by atoms with Crippen molar-refractivity contribution >= 4 is 11.3 Å². The van der Waals surface area contributed by atoms with E-state index in [-0.39, 0.29) is 22.5 Å². The molecule has 0 radical (unpaired) electrons. The van der Waals surface area contributed by atoms with E-state index < -0.39 is 0 Å². The number of fused-ring (bicyclic) bond motifs is 2. The van der Waals surface area contributed by atoms with Gasteiger partial charge >= 0.3 is 5.69 Å². The van der Waals surface area contributed by atoms with Gasteiger partial charge in [-0.1, -0.05) is 12.1 Å². The van der Waals surface area contributed by atoms with Crippen molar-refractivity contribution in [1.82, 2.24) is 14.5 Å². The number of aryl methyl sites for hydroxylation is 2. The van der Waals surface area contributed by atoms with Crippen LogP contribution in [0.15, 0.2) is 51.5 Å². The minimum Gasteiger partial charge on any atom is -0.302 e. The number of nitrogens with zero attached hydrogens (tertiary/aromatic N) is 2. The van der Waals surface area contributed by atoms with E-state index in [1.165, 1.54) is 16.9 Å². The highest BCUT2D eigenvalue weighted by Crippen LogP contribution is 2.45. The van der Waals surface area contributed by atoms with Gasteiger partial charge in [0.1, 0.15) is 5.82 Å². The molecule has 156 valence electrons. The summed E-state index contributed by atoms with van der Waals surface area (Å²) in [6, 6.07) is 9.04. The van der Waals surface area contributed by atoms with Crippen LogP contribution in [0.1, 0.15) is 30.4 Å². The number of nitrogens with one attached hydrogen (secondary N) is 1. The Morgan fingerprint density at radius 2 is 2.07 bits per heavy atom. The lowest BCUT2D eigenvalue weighted by Crippen LogP contribution is -2.32. The van der Waals surface area contributed by atoms with Crippen molar-refractivity contribution in [3.63, 3.8) is 0 Å². The number of likely N-dealkylation sites (tertiary alicyclic amines) is 1. The van der Waals surface area contributed by atoms with Crippen molar-refractivity contribution in [2.45, 2.75) is 37.6 Å². The third kappa shape index (κ3) is 3.46. The van der Waals surface area contributed by atoms with Gasteiger partial charge in [-0.3, -0.25) is 14.3 Å². The van der Waals surface area contributed by atoms with Crippen LogP contribution in [0.2, 0.25) is 0 Å². The number of hydrogen-bond acceptors (Lipinski definition) is 4. The second-order valence-corrected chi connectivity index (χ2v) is 9.38. The fourth-order valence-electron chi connectivity index (χ4n) is 5.12. The summed E-state index contributed by atoms with van der Waals surface area (Å²) in [6.45, 7) is 3.49. The van der Waals surface area contributed by atoms with E-state index in [4.69, 9.17) is 0 Å². The summed E-state index contributed by atoms with van der Waals surface area (Å²) in [5.74, 6) is -0.145. The summed E-state index contributed by atoms with van der Waals surface area (Å²) in [5, 5.41) is 1.92. The highest BCUT2D eigenvalue weighted by molar-refractivity contribution is 7.13. The molecule has 1 unspecified atom stereocenters. The molecular formula is C23H24FN3O2S. The van der Waals surface area contributed by atoms with Crippen molar-refractivity contribution in [3.8, 4) is 10.4 Å². The van der Waals surface area contributed by atoms with E-state index >= 15 is 0 Å². The normalized spacial score (nSPS) is 20.8. The third-order valence-electron chi connectivity index (χ3n) is 6.62. The van der Waals surface area contributed by atoms with E-state index in [9.17, 15) is 14.0 Å². The first-order valence-corrected chi connectivity index (χ1v) is 11.3. The first-order chi connectivity index (χ1) is 14.5. The molecule has 2 aromatic heterocycles. The zero-order valence-corrected chi connectivity index (χ0v) is 17.5. The van der Waals surface area contributed by atoms with Crippen LogP contribution in [-0.4, -0.2) is 34.1 Å². The summed E-state index contributed by atoms with van der Waals surface area (Å²) < 4.78 is 15.2. The molecule has 30 heavy (non-hydrogen) atoms. The van der Waals surface area contributed by atoms with Gasteiger partial charge in [-0.15, -0.1) is 11.3 Å². The molecule has 7 heteroatoms. The van der Waals surface area contributed by atoms with Gasteiger partial charge in [0.15, 0.2) is 0 Å². The predicted molar refractivity (Wildman–Crippen MR) is 117 cm³/mol. The van der Waals surface area contributed by atoms with E-state index in [1.54, 1.807) is 22.9 Å². The number of halogens is 1. The molecule has 1 aromatic carbocycles. The Balaban J connectivity index is 1.24.